The van der Waals surface area contributed by atoms with Crippen LogP contribution in [0.15, 0.2) is 54.7 Å². The first kappa shape index (κ1) is 24.2. The van der Waals surface area contributed by atoms with E-state index in [9.17, 15) is 4.79 Å². The predicted octanol–water partition coefficient (Wildman–Crippen LogP) is 5.89. The SMILES string of the molecule is CC(C)CC(=O)Cn1cc(-c2ccc(CCN3C4CCC3COC4)cc2)nc1-c1cccc(Cl)c1. The molecule has 0 N–H and O–H groups in total. The number of aromatic nitrogens is 2. The maximum atomic E-state index is 12.6. The minimum absolute atomic E-state index is 0.208. The van der Waals surface area contributed by atoms with Crippen LogP contribution in [0.25, 0.3) is 22.6 Å². The zero-order valence-electron chi connectivity index (χ0n) is 20.6. The molecule has 2 atom stereocenters. The molecule has 35 heavy (non-hydrogen) atoms. The average molecular weight is 492 g/mol. The minimum Gasteiger partial charge on any atom is -0.378 e. The summed E-state index contributed by atoms with van der Waals surface area (Å²) in [5.41, 5.74) is 4.17. The van der Waals surface area contributed by atoms with Crippen molar-refractivity contribution in [3.05, 3.63) is 65.3 Å². The van der Waals surface area contributed by atoms with E-state index in [-0.39, 0.29) is 5.78 Å². The van der Waals surface area contributed by atoms with Gasteiger partial charge in [0.05, 0.1) is 25.5 Å². The van der Waals surface area contributed by atoms with Gasteiger partial charge < -0.3 is 9.30 Å². The number of fused-ring (bicyclic) bond motifs is 2. The molecule has 6 heteroatoms. The average Bonchev–Trinajstić information content (AvgIpc) is 3.33. The Morgan fingerprint density at radius 3 is 2.51 bits per heavy atom. The maximum Gasteiger partial charge on any atom is 0.152 e. The summed E-state index contributed by atoms with van der Waals surface area (Å²) in [5, 5.41) is 0.658. The summed E-state index contributed by atoms with van der Waals surface area (Å²) in [7, 11) is 0. The van der Waals surface area contributed by atoms with Gasteiger partial charge >= 0.3 is 0 Å². The monoisotopic (exact) mass is 491 g/mol. The second kappa shape index (κ2) is 10.7. The van der Waals surface area contributed by atoms with Gasteiger partial charge in [0, 0.05) is 47.4 Å². The Kier molecular flexibility index (Phi) is 7.37. The summed E-state index contributed by atoms with van der Waals surface area (Å²) in [6.45, 7) is 7.30. The third-order valence-corrected chi connectivity index (χ3v) is 7.38. The van der Waals surface area contributed by atoms with Crippen molar-refractivity contribution in [2.75, 3.05) is 19.8 Å². The number of ether oxygens (including phenoxy) is 1. The van der Waals surface area contributed by atoms with Crippen molar-refractivity contribution >= 4 is 17.4 Å². The maximum absolute atomic E-state index is 12.6. The Morgan fingerprint density at radius 2 is 1.83 bits per heavy atom. The highest BCUT2D eigenvalue weighted by molar-refractivity contribution is 6.30. The summed E-state index contributed by atoms with van der Waals surface area (Å²) < 4.78 is 7.68. The Bertz CT molecular complexity index is 1150. The number of hydrogen-bond donors (Lipinski definition) is 0. The quantitative estimate of drug-likeness (QED) is 0.374. The van der Waals surface area contributed by atoms with E-state index in [1.54, 1.807) is 0 Å². The van der Waals surface area contributed by atoms with Crippen molar-refractivity contribution in [1.29, 1.82) is 0 Å². The van der Waals surface area contributed by atoms with E-state index in [4.69, 9.17) is 21.3 Å². The largest absolute Gasteiger partial charge is 0.378 e. The van der Waals surface area contributed by atoms with Crippen LogP contribution >= 0.6 is 11.6 Å². The van der Waals surface area contributed by atoms with Gasteiger partial charge in [0.2, 0.25) is 0 Å². The van der Waals surface area contributed by atoms with Gasteiger partial charge in [-0.1, -0.05) is 61.8 Å². The van der Waals surface area contributed by atoms with Gasteiger partial charge in [-0.2, -0.15) is 0 Å². The highest BCUT2D eigenvalue weighted by Gasteiger charge is 2.36. The number of morpholine rings is 1. The molecular weight excluding hydrogens is 458 g/mol. The Balaban J connectivity index is 1.34. The Hall–Kier alpha value is -2.47. The molecule has 3 heterocycles. The Labute approximate surface area is 213 Å². The molecule has 0 aliphatic carbocycles. The molecule has 5 nitrogen and oxygen atoms in total. The lowest BCUT2D eigenvalue weighted by atomic mass is 10.1. The third kappa shape index (κ3) is 5.69. The van der Waals surface area contributed by atoms with E-state index in [2.05, 4.69) is 43.0 Å². The summed E-state index contributed by atoms with van der Waals surface area (Å²) in [5.74, 6) is 1.31. The molecule has 5 rings (SSSR count). The molecular formula is C29H34ClN3O2. The molecule has 184 valence electrons. The molecule has 2 aliphatic rings. The molecule has 2 unspecified atom stereocenters. The van der Waals surface area contributed by atoms with Crippen molar-refractivity contribution in [3.8, 4) is 22.6 Å². The van der Waals surface area contributed by atoms with E-state index in [0.717, 1.165) is 48.8 Å². The van der Waals surface area contributed by atoms with Crippen LogP contribution in [-0.4, -0.2) is 52.1 Å². The molecule has 0 amide bonds. The first-order chi connectivity index (χ1) is 17.0. The zero-order valence-corrected chi connectivity index (χ0v) is 21.4. The van der Waals surface area contributed by atoms with Crippen LogP contribution < -0.4 is 0 Å². The van der Waals surface area contributed by atoms with Crippen LogP contribution in [-0.2, 0) is 22.5 Å². The highest BCUT2D eigenvalue weighted by Crippen LogP contribution is 2.30. The fourth-order valence-corrected chi connectivity index (χ4v) is 5.61. The Morgan fingerprint density at radius 1 is 1.09 bits per heavy atom. The van der Waals surface area contributed by atoms with Crippen molar-refractivity contribution in [1.82, 2.24) is 14.5 Å². The van der Waals surface area contributed by atoms with Gasteiger partial charge in [0.1, 0.15) is 5.82 Å². The van der Waals surface area contributed by atoms with Gasteiger partial charge in [-0.25, -0.2) is 4.98 Å². The van der Waals surface area contributed by atoms with Crippen LogP contribution in [0.4, 0.5) is 0 Å². The smallest absolute Gasteiger partial charge is 0.152 e. The molecule has 0 saturated carbocycles. The zero-order chi connectivity index (χ0) is 24.4. The lowest BCUT2D eigenvalue weighted by molar-refractivity contribution is -0.120. The molecule has 0 spiro atoms. The number of nitrogens with zero attached hydrogens (tertiary/aromatic N) is 3. The van der Waals surface area contributed by atoms with Crippen molar-refractivity contribution in [2.45, 2.75) is 58.2 Å². The van der Waals surface area contributed by atoms with E-state index >= 15 is 0 Å². The molecule has 2 aliphatic heterocycles. The van der Waals surface area contributed by atoms with E-state index < -0.39 is 0 Å². The first-order valence-corrected chi connectivity index (χ1v) is 13.1. The number of carbonyl (C=O) groups excluding carboxylic acids is 1. The van der Waals surface area contributed by atoms with Crippen molar-refractivity contribution < 1.29 is 9.53 Å². The number of ketones is 1. The van der Waals surface area contributed by atoms with Gasteiger partial charge in [0.25, 0.3) is 0 Å². The van der Waals surface area contributed by atoms with Crippen molar-refractivity contribution in [2.24, 2.45) is 5.92 Å². The molecule has 0 radical (unpaired) electrons. The molecule has 1 aromatic heterocycles. The fourth-order valence-electron chi connectivity index (χ4n) is 5.42. The van der Waals surface area contributed by atoms with Crippen LogP contribution in [0, 0.1) is 5.92 Å². The van der Waals surface area contributed by atoms with Gasteiger partial charge in [-0.3, -0.25) is 9.69 Å². The number of Topliss-reactive ketones (excluding diaryl/α,β-unsaturated/α-hetero) is 1. The second-order valence-corrected chi connectivity index (χ2v) is 10.8. The molecule has 2 bridgehead atoms. The first-order valence-electron chi connectivity index (χ1n) is 12.7. The fraction of sp³-hybridized carbons (Fsp3) is 0.448. The standard InChI is InChI=1S/C29H34ClN3O2/c1-20(2)14-27(34)16-32-17-28(31-29(32)23-4-3-5-24(30)15-23)22-8-6-21(7-9-22)12-13-33-25-10-11-26(33)19-35-18-25/h3-9,15,17,20,25-26H,10-14,16,18-19H2,1-2H3. The van der Waals surface area contributed by atoms with Crippen LogP contribution in [0.3, 0.4) is 0 Å². The number of hydrogen-bond acceptors (Lipinski definition) is 4. The third-order valence-electron chi connectivity index (χ3n) is 7.14. The summed E-state index contributed by atoms with van der Waals surface area (Å²) in [6.07, 6.45) is 6.12. The lowest BCUT2D eigenvalue weighted by Crippen LogP contribution is -2.46. The van der Waals surface area contributed by atoms with E-state index in [0.29, 0.717) is 36.0 Å². The number of halogens is 1. The van der Waals surface area contributed by atoms with Gasteiger partial charge in [-0.15, -0.1) is 0 Å². The number of carbonyl (C=O) groups is 1. The summed E-state index contributed by atoms with van der Waals surface area (Å²) >= 11 is 6.26. The minimum atomic E-state index is 0.208. The second-order valence-electron chi connectivity index (χ2n) is 10.3. The van der Waals surface area contributed by atoms with Crippen molar-refractivity contribution in [3.63, 3.8) is 0 Å². The molecule has 2 saturated heterocycles. The number of rotatable bonds is 9. The predicted molar refractivity (Wildman–Crippen MR) is 141 cm³/mol. The molecule has 2 aromatic carbocycles. The van der Waals surface area contributed by atoms with Crippen LogP contribution in [0.5, 0.6) is 0 Å². The van der Waals surface area contributed by atoms with Gasteiger partial charge in [-0.05, 0) is 42.9 Å². The highest BCUT2D eigenvalue weighted by atomic mass is 35.5. The topological polar surface area (TPSA) is 47.4 Å². The summed E-state index contributed by atoms with van der Waals surface area (Å²) in [4.78, 5) is 20.2. The van der Waals surface area contributed by atoms with Gasteiger partial charge in [0.15, 0.2) is 5.78 Å². The van der Waals surface area contributed by atoms with Crippen LogP contribution in [0.1, 0.15) is 38.7 Å². The number of benzene rings is 2. The summed E-state index contributed by atoms with van der Waals surface area (Å²) in [6, 6.07) is 17.6. The normalized spacial score (nSPS) is 20.0. The molecule has 3 aromatic rings. The number of imidazole rings is 1. The van der Waals surface area contributed by atoms with Crippen LogP contribution in [0.2, 0.25) is 5.02 Å². The van der Waals surface area contributed by atoms with E-state index in [1.807, 2.05) is 35.0 Å². The lowest BCUT2D eigenvalue weighted by Gasteiger charge is -2.34. The van der Waals surface area contributed by atoms with E-state index in [1.165, 1.54) is 18.4 Å². The molecule has 2 fully saturated rings.